The zero-order valence-corrected chi connectivity index (χ0v) is 15.5. The summed E-state index contributed by atoms with van der Waals surface area (Å²) in [7, 11) is 0. The summed E-state index contributed by atoms with van der Waals surface area (Å²) < 4.78 is 33.5. The predicted molar refractivity (Wildman–Crippen MR) is 101 cm³/mol. The van der Waals surface area contributed by atoms with E-state index in [1.165, 1.54) is 0 Å². The van der Waals surface area contributed by atoms with E-state index >= 15 is 0 Å². The number of hydrogen-bond acceptors (Lipinski definition) is 7. The molecule has 0 aliphatic heterocycles. The van der Waals surface area contributed by atoms with Crippen LogP contribution in [0.1, 0.15) is 26.2 Å². The van der Waals surface area contributed by atoms with Gasteiger partial charge in [-0.15, -0.1) is 0 Å². The standard InChI is InChI=1S/C19H19F2N5O3/c1-8-3-2-4-12(13(8)19(27)28)25-15-11(21)7-23-16-14(26-29-17(15)16)10-5-9(20)6-24-18(10)22/h5-8,12-13H,2-4H2,1H3,(H2,22,24)(H,23,25)(H,27,28)/t8?,12?,13-/m0/s1. The molecule has 4 N–H and O–H groups in total. The molecule has 29 heavy (non-hydrogen) atoms. The number of nitrogens with zero attached hydrogens (tertiary/aromatic N) is 3. The molecular weight excluding hydrogens is 384 g/mol. The van der Waals surface area contributed by atoms with E-state index in [1.54, 1.807) is 0 Å². The van der Waals surface area contributed by atoms with Gasteiger partial charge in [0.05, 0.1) is 23.9 Å². The molecule has 4 rings (SSSR count). The van der Waals surface area contributed by atoms with Gasteiger partial charge in [-0.1, -0.05) is 18.5 Å². The number of nitrogens with one attached hydrogen (secondary N) is 1. The zero-order valence-electron chi connectivity index (χ0n) is 15.5. The Morgan fingerprint density at radius 1 is 1.31 bits per heavy atom. The van der Waals surface area contributed by atoms with Crippen LogP contribution in [0.5, 0.6) is 0 Å². The van der Waals surface area contributed by atoms with Gasteiger partial charge in [-0.25, -0.2) is 18.7 Å². The second-order valence-corrected chi connectivity index (χ2v) is 7.30. The fourth-order valence-electron chi connectivity index (χ4n) is 3.99. The molecule has 3 aromatic rings. The number of aromatic nitrogens is 3. The molecule has 1 saturated carbocycles. The first kappa shape index (κ1) is 19.0. The van der Waals surface area contributed by atoms with Crippen LogP contribution in [-0.4, -0.2) is 32.2 Å². The molecule has 0 spiro atoms. The molecule has 0 radical (unpaired) electrons. The highest BCUT2D eigenvalue weighted by Crippen LogP contribution is 2.37. The minimum Gasteiger partial charge on any atom is -0.481 e. The summed E-state index contributed by atoms with van der Waals surface area (Å²) in [5.41, 5.74) is 6.26. The number of nitrogens with two attached hydrogens (primary N) is 1. The fourth-order valence-corrected chi connectivity index (χ4v) is 3.99. The van der Waals surface area contributed by atoms with Crippen LogP contribution in [0.15, 0.2) is 23.0 Å². The lowest BCUT2D eigenvalue weighted by Gasteiger charge is -2.34. The Labute approximate surface area is 164 Å². The molecular formula is C19H19F2N5O3. The molecule has 3 atom stereocenters. The van der Waals surface area contributed by atoms with E-state index < -0.39 is 29.6 Å². The minimum absolute atomic E-state index is 0.00558. The van der Waals surface area contributed by atoms with Gasteiger partial charge >= 0.3 is 5.97 Å². The lowest BCUT2D eigenvalue weighted by molar-refractivity contribution is -0.145. The SMILES string of the molecule is CC1CCCC(Nc2c(F)cnc3c(-c4cc(F)cnc4N)noc23)[C@H]1C(=O)O. The Balaban J connectivity index is 1.78. The Morgan fingerprint density at radius 2 is 2.10 bits per heavy atom. The van der Waals surface area contributed by atoms with E-state index in [1.807, 2.05) is 6.92 Å². The van der Waals surface area contributed by atoms with Crippen molar-refractivity contribution < 1.29 is 23.2 Å². The quantitative estimate of drug-likeness (QED) is 0.604. The second-order valence-electron chi connectivity index (χ2n) is 7.30. The van der Waals surface area contributed by atoms with Crippen LogP contribution < -0.4 is 11.1 Å². The summed E-state index contributed by atoms with van der Waals surface area (Å²) in [5.74, 6) is -2.95. The number of anilines is 2. The van der Waals surface area contributed by atoms with Crippen LogP contribution in [0.4, 0.5) is 20.3 Å². The van der Waals surface area contributed by atoms with Crippen molar-refractivity contribution in [3.05, 3.63) is 30.1 Å². The number of halogens is 2. The monoisotopic (exact) mass is 403 g/mol. The molecule has 1 aliphatic carbocycles. The van der Waals surface area contributed by atoms with Gasteiger partial charge in [0.1, 0.15) is 28.5 Å². The van der Waals surface area contributed by atoms with Gasteiger partial charge in [-0.05, 0) is 24.8 Å². The van der Waals surface area contributed by atoms with Gasteiger partial charge in [0.2, 0.25) is 5.58 Å². The largest absolute Gasteiger partial charge is 0.481 e. The number of hydrogen-bond donors (Lipinski definition) is 3. The van der Waals surface area contributed by atoms with E-state index in [4.69, 9.17) is 10.3 Å². The van der Waals surface area contributed by atoms with Crippen molar-refractivity contribution in [2.24, 2.45) is 11.8 Å². The van der Waals surface area contributed by atoms with Gasteiger partial charge in [-0.3, -0.25) is 4.79 Å². The van der Waals surface area contributed by atoms with E-state index in [9.17, 15) is 18.7 Å². The number of carbonyl (C=O) groups is 1. The zero-order chi connectivity index (χ0) is 20.7. The topological polar surface area (TPSA) is 127 Å². The van der Waals surface area contributed by atoms with E-state index in [2.05, 4.69) is 20.4 Å². The molecule has 0 amide bonds. The molecule has 0 saturated heterocycles. The van der Waals surface area contributed by atoms with Crippen molar-refractivity contribution in [1.29, 1.82) is 0 Å². The molecule has 3 heterocycles. The van der Waals surface area contributed by atoms with E-state index in [0.717, 1.165) is 31.3 Å². The minimum atomic E-state index is -0.933. The summed E-state index contributed by atoms with van der Waals surface area (Å²) in [6, 6.07) is 0.659. The van der Waals surface area contributed by atoms with Crippen LogP contribution in [-0.2, 0) is 4.79 Å². The Morgan fingerprint density at radius 3 is 2.86 bits per heavy atom. The third kappa shape index (κ3) is 3.34. The summed E-state index contributed by atoms with van der Waals surface area (Å²) >= 11 is 0. The number of pyridine rings is 2. The third-order valence-corrected chi connectivity index (χ3v) is 5.42. The molecule has 10 heteroatoms. The maximum Gasteiger partial charge on any atom is 0.308 e. The lowest BCUT2D eigenvalue weighted by atomic mass is 9.76. The highest BCUT2D eigenvalue weighted by Gasteiger charge is 2.37. The van der Waals surface area contributed by atoms with Gasteiger partial charge in [0, 0.05) is 6.04 Å². The lowest BCUT2D eigenvalue weighted by Crippen LogP contribution is -2.41. The highest BCUT2D eigenvalue weighted by molar-refractivity contribution is 5.97. The Kier molecular flexibility index (Phi) is 4.77. The average molecular weight is 403 g/mol. The number of nitrogen functional groups attached to an aromatic ring is 1. The van der Waals surface area contributed by atoms with Crippen molar-refractivity contribution >= 4 is 28.6 Å². The van der Waals surface area contributed by atoms with E-state index in [-0.39, 0.29) is 39.8 Å². The molecule has 152 valence electrons. The summed E-state index contributed by atoms with van der Waals surface area (Å²) in [6.45, 7) is 1.87. The first-order valence-electron chi connectivity index (χ1n) is 9.21. The molecule has 2 unspecified atom stereocenters. The van der Waals surface area contributed by atoms with Crippen molar-refractivity contribution in [3.63, 3.8) is 0 Å². The van der Waals surface area contributed by atoms with Crippen molar-refractivity contribution in [1.82, 2.24) is 15.1 Å². The van der Waals surface area contributed by atoms with Gasteiger partial charge in [0.25, 0.3) is 0 Å². The first-order valence-corrected chi connectivity index (χ1v) is 9.21. The molecule has 0 bridgehead atoms. The second kappa shape index (κ2) is 7.26. The van der Waals surface area contributed by atoms with Crippen LogP contribution >= 0.6 is 0 Å². The molecule has 3 aromatic heterocycles. The third-order valence-electron chi connectivity index (χ3n) is 5.42. The molecule has 0 aromatic carbocycles. The maximum atomic E-state index is 14.6. The van der Waals surface area contributed by atoms with Crippen molar-refractivity contribution in [2.75, 3.05) is 11.1 Å². The van der Waals surface area contributed by atoms with Gasteiger partial charge in [-0.2, -0.15) is 0 Å². The Bertz CT molecular complexity index is 1090. The normalized spacial score (nSPS) is 22.0. The Hall–Kier alpha value is -3.30. The van der Waals surface area contributed by atoms with Gasteiger partial charge < -0.3 is 20.7 Å². The summed E-state index contributed by atoms with van der Waals surface area (Å²) in [5, 5.41) is 16.5. The first-order chi connectivity index (χ1) is 13.9. The average Bonchev–Trinajstić information content (AvgIpc) is 3.10. The number of carboxylic acid groups (broad SMARTS) is 1. The summed E-state index contributed by atoms with van der Waals surface area (Å²) in [4.78, 5) is 19.5. The van der Waals surface area contributed by atoms with E-state index in [0.29, 0.717) is 6.42 Å². The number of rotatable bonds is 4. The molecule has 1 fully saturated rings. The van der Waals surface area contributed by atoms with Crippen LogP contribution in [0, 0.1) is 23.5 Å². The number of aliphatic carboxylic acids is 1. The molecule has 8 nitrogen and oxygen atoms in total. The van der Waals surface area contributed by atoms with Crippen molar-refractivity contribution in [3.8, 4) is 11.3 Å². The van der Waals surface area contributed by atoms with Crippen LogP contribution in [0.3, 0.4) is 0 Å². The smallest absolute Gasteiger partial charge is 0.308 e. The van der Waals surface area contributed by atoms with Crippen LogP contribution in [0.2, 0.25) is 0 Å². The van der Waals surface area contributed by atoms with Crippen LogP contribution in [0.25, 0.3) is 22.4 Å². The fraction of sp³-hybridized carbons (Fsp3) is 0.368. The highest BCUT2D eigenvalue weighted by atomic mass is 19.1. The number of fused-ring (bicyclic) bond motifs is 1. The van der Waals surface area contributed by atoms with Crippen molar-refractivity contribution in [2.45, 2.75) is 32.2 Å². The van der Waals surface area contributed by atoms with Gasteiger partial charge in [0.15, 0.2) is 5.82 Å². The predicted octanol–water partition coefficient (Wildman–Crippen LogP) is 3.45. The molecule has 1 aliphatic rings. The number of carboxylic acids is 1. The summed E-state index contributed by atoms with van der Waals surface area (Å²) in [6.07, 6.45) is 4.15. The maximum absolute atomic E-state index is 14.6.